The first kappa shape index (κ1) is 7.48. The molecule has 1 atom stereocenters. The third-order valence-corrected chi connectivity index (χ3v) is 14.1. The summed E-state index contributed by atoms with van der Waals surface area (Å²) in [7, 11) is 0. The van der Waals surface area contributed by atoms with Crippen molar-refractivity contribution in [2.75, 3.05) is 0 Å². The Morgan fingerprint density at radius 2 is 2.00 bits per heavy atom. The molecule has 1 spiro atoms. The average molecular weight is 355 g/mol. The predicted molar refractivity (Wildman–Crippen MR) is 47.7 cm³/mol. The van der Waals surface area contributed by atoms with Gasteiger partial charge in [-0.05, 0) is 0 Å². The van der Waals surface area contributed by atoms with Crippen molar-refractivity contribution in [3.8, 4) is 0 Å². The molecule has 0 amide bonds. The first-order chi connectivity index (χ1) is 4.16. The maximum atomic E-state index is 3.73. The molecule has 1 saturated heterocycles. The molecule has 1 saturated carbocycles. The van der Waals surface area contributed by atoms with E-state index >= 15 is 0 Å². The molecule has 49 valence electrons. The van der Waals surface area contributed by atoms with Crippen LogP contribution < -0.4 is 0 Å². The second kappa shape index (κ2) is 2.16. The Hall–Kier alpha value is 1.83. The zero-order valence-corrected chi connectivity index (χ0v) is 11.6. The van der Waals surface area contributed by atoms with Crippen molar-refractivity contribution in [3.63, 3.8) is 0 Å². The van der Waals surface area contributed by atoms with Gasteiger partial charge >= 0.3 is 84.6 Å². The number of halogens is 2. The van der Waals surface area contributed by atoms with Gasteiger partial charge < -0.3 is 0 Å². The summed E-state index contributed by atoms with van der Waals surface area (Å²) in [5, 5.41) is 0. The van der Waals surface area contributed by atoms with Crippen molar-refractivity contribution in [1.82, 2.24) is 0 Å². The van der Waals surface area contributed by atoms with Crippen LogP contribution in [0, 0.1) is 0 Å². The summed E-state index contributed by atoms with van der Waals surface area (Å²) >= 11 is 7.33. The Morgan fingerprint density at radius 1 is 1.33 bits per heavy atom. The molecule has 0 nitrogen and oxygen atoms in total. The van der Waals surface area contributed by atoms with Crippen LogP contribution in [0.1, 0.15) is 19.3 Å². The Labute approximate surface area is 83.8 Å². The van der Waals surface area contributed by atoms with Gasteiger partial charge in [0.25, 0.3) is 0 Å². The summed E-state index contributed by atoms with van der Waals surface area (Å²) in [5.74, 6) is 0. The first-order valence-corrected chi connectivity index (χ1v) is 8.95. The van der Waals surface area contributed by atoms with E-state index in [-0.39, 0.29) is 22.9 Å². The van der Waals surface area contributed by atoms with Gasteiger partial charge in [0.05, 0.1) is 0 Å². The van der Waals surface area contributed by atoms with E-state index in [4.69, 9.17) is 0 Å². The summed E-state index contributed by atoms with van der Waals surface area (Å²) in [5.41, 5.74) is 0. The van der Waals surface area contributed by atoms with Gasteiger partial charge in [-0.25, -0.2) is 0 Å². The van der Waals surface area contributed by atoms with Crippen LogP contribution in [0.15, 0.2) is 0 Å². The van der Waals surface area contributed by atoms with Crippen LogP contribution in [0.5, 0.6) is 0 Å². The molecule has 0 N–H and O–H groups in total. The molecular formula is C6H8Br2In. The van der Waals surface area contributed by atoms with Crippen LogP contribution in [0.3, 0.4) is 0 Å². The van der Waals surface area contributed by atoms with E-state index in [1.54, 1.807) is 4.18 Å². The molecule has 2 rings (SSSR count). The van der Waals surface area contributed by atoms with Gasteiger partial charge in [-0.15, -0.1) is 0 Å². The zero-order valence-electron chi connectivity index (χ0n) is 5.16. The molecule has 2 fully saturated rings. The fourth-order valence-corrected chi connectivity index (χ4v) is 13.1. The van der Waals surface area contributed by atoms with E-state index in [1.807, 2.05) is 0 Å². The molecule has 0 aromatic rings. The van der Waals surface area contributed by atoms with Crippen molar-refractivity contribution in [2.24, 2.45) is 0 Å². The molecule has 0 bridgehead atoms. The summed E-state index contributed by atoms with van der Waals surface area (Å²) in [6, 6.07) is 0. The zero-order chi connectivity index (χ0) is 6.54. The van der Waals surface area contributed by atoms with Crippen molar-refractivity contribution < 1.29 is 0 Å². The van der Waals surface area contributed by atoms with Gasteiger partial charge in [0, 0.05) is 0 Å². The second-order valence-electron chi connectivity index (χ2n) is 3.13. The molecule has 1 unspecified atom stereocenters. The first-order valence-electron chi connectivity index (χ1n) is 3.39. The summed E-state index contributed by atoms with van der Waals surface area (Å²) in [4.78, 5) is 0. The summed E-state index contributed by atoms with van der Waals surface area (Å²) in [6.45, 7) is 0. The SMILES string of the molecule is BrC1(Br)C[C]12CC[CH2][In]2. The van der Waals surface area contributed by atoms with Gasteiger partial charge in [0.1, 0.15) is 0 Å². The van der Waals surface area contributed by atoms with Crippen LogP contribution in [0.2, 0.25) is 7.35 Å². The fraction of sp³-hybridized carbons (Fsp3) is 1.00. The van der Waals surface area contributed by atoms with E-state index < -0.39 is 0 Å². The summed E-state index contributed by atoms with van der Waals surface area (Å²) < 4.78 is 2.93. The fourth-order valence-electron chi connectivity index (χ4n) is 1.74. The quantitative estimate of drug-likeness (QED) is 0.587. The molecule has 9 heavy (non-hydrogen) atoms. The molecule has 2 aliphatic rings. The third kappa shape index (κ3) is 1.06. The van der Waals surface area contributed by atoms with E-state index in [9.17, 15) is 0 Å². The Morgan fingerprint density at radius 3 is 2.22 bits per heavy atom. The van der Waals surface area contributed by atoms with Crippen molar-refractivity contribution >= 4 is 54.8 Å². The normalized spacial score (nSPS) is 45.1. The predicted octanol–water partition coefficient (Wildman–Crippen LogP) is 2.95. The number of alkyl halides is 2. The number of hydrogen-bond acceptors (Lipinski definition) is 0. The molecule has 1 radical (unpaired) electrons. The van der Waals surface area contributed by atoms with Gasteiger partial charge in [0.2, 0.25) is 0 Å². The maximum absolute atomic E-state index is 3.73. The van der Waals surface area contributed by atoms with Crippen molar-refractivity contribution in [3.05, 3.63) is 0 Å². The number of rotatable bonds is 0. The summed E-state index contributed by atoms with van der Waals surface area (Å²) in [6.07, 6.45) is 4.48. The molecule has 0 aromatic heterocycles. The van der Waals surface area contributed by atoms with Crippen molar-refractivity contribution in [2.45, 2.75) is 29.8 Å². The van der Waals surface area contributed by atoms with Gasteiger partial charge in [-0.3, -0.25) is 0 Å². The van der Waals surface area contributed by atoms with E-state index in [2.05, 4.69) is 31.9 Å². The van der Waals surface area contributed by atoms with Crippen LogP contribution in [0.25, 0.3) is 0 Å². The van der Waals surface area contributed by atoms with Crippen LogP contribution in [-0.4, -0.2) is 26.1 Å². The van der Waals surface area contributed by atoms with E-state index in [1.165, 1.54) is 19.3 Å². The Kier molecular flexibility index (Phi) is 1.80. The van der Waals surface area contributed by atoms with Gasteiger partial charge in [0.15, 0.2) is 0 Å². The molecular weight excluding hydrogens is 347 g/mol. The van der Waals surface area contributed by atoms with Crippen LogP contribution in [-0.2, 0) is 0 Å². The molecule has 1 aliphatic carbocycles. The third-order valence-electron chi connectivity index (χ3n) is 2.50. The van der Waals surface area contributed by atoms with Gasteiger partial charge in [-0.2, -0.15) is 0 Å². The topological polar surface area (TPSA) is 0 Å². The molecule has 1 heterocycles. The standard InChI is InChI=1S/C6H8Br2.In/c1-2-3-5-4-6(5,7)8;/h1-4H2;. The Balaban J connectivity index is 2.13. The minimum absolute atomic E-state index is 0.139. The van der Waals surface area contributed by atoms with Crippen molar-refractivity contribution in [1.29, 1.82) is 0 Å². The minimum atomic E-state index is -0.139. The van der Waals surface area contributed by atoms with Gasteiger partial charge in [-0.1, -0.05) is 0 Å². The van der Waals surface area contributed by atoms with E-state index in [0.717, 1.165) is 3.17 Å². The average Bonchev–Trinajstić information content (AvgIpc) is 2.27. The molecule has 0 aromatic carbocycles. The monoisotopic (exact) mass is 353 g/mol. The van der Waals surface area contributed by atoms with Crippen LogP contribution in [0.4, 0.5) is 0 Å². The van der Waals surface area contributed by atoms with Crippen LogP contribution >= 0.6 is 31.9 Å². The number of hydrogen-bond donors (Lipinski definition) is 0. The Bertz CT molecular complexity index is 132. The molecule has 1 aliphatic heterocycles. The second-order valence-corrected chi connectivity index (χ2v) is 12.9. The van der Waals surface area contributed by atoms with E-state index in [0.29, 0.717) is 3.23 Å². The molecule has 3 heteroatoms.